The van der Waals surface area contributed by atoms with Gasteiger partial charge < -0.3 is 15.1 Å². The van der Waals surface area contributed by atoms with Crippen molar-refractivity contribution in [3.8, 4) is 0 Å². The van der Waals surface area contributed by atoms with E-state index in [0.29, 0.717) is 48.2 Å². The molecule has 53 heavy (non-hydrogen) atoms. The SMILES string of the molecule is C=C(/C=C(\C)C(C)N1CC=C(c2c(C)cc(C(=O)N3CCC(CN(CCC)C(C)CC)CC3)cc2F)CC1)/C(=C\C=NC)n1ccc2c(c1=O)CCN2. The molecule has 2 atom stereocenters. The average molecular weight is 725 g/mol. The lowest BCUT2D eigenvalue weighted by Crippen LogP contribution is -2.43. The van der Waals surface area contributed by atoms with Gasteiger partial charge in [0, 0.05) is 93.2 Å². The van der Waals surface area contributed by atoms with E-state index in [1.807, 2.05) is 36.1 Å². The van der Waals surface area contributed by atoms with Gasteiger partial charge in [0.05, 0.1) is 5.70 Å². The second-order valence-electron chi connectivity index (χ2n) is 15.2. The summed E-state index contributed by atoms with van der Waals surface area (Å²) in [6, 6.07) is 5.96. The lowest BCUT2D eigenvalue weighted by Gasteiger charge is -2.37. The molecule has 2 aromatic rings. The summed E-state index contributed by atoms with van der Waals surface area (Å²) in [5.41, 5.74) is 7.05. The molecule has 1 aromatic heterocycles. The fourth-order valence-corrected chi connectivity index (χ4v) is 8.15. The average Bonchev–Trinajstić information content (AvgIpc) is 3.65. The predicted molar refractivity (Wildman–Crippen MR) is 219 cm³/mol. The number of likely N-dealkylation sites (tertiary alicyclic amines) is 1. The van der Waals surface area contributed by atoms with Crippen molar-refractivity contribution in [3.05, 3.63) is 98.8 Å². The molecule has 1 fully saturated rings. The molecule has 1 saturated heterocycles. The number of amides is 1. The minimum Gasteiger partial charge on any atom is -0.384 e. The number of aromatic nitrogens is 1. The Hall–Kier alpha value is -4.08. The number of carbonyl (C=O) groups excluding carboxylic acids is 1. The fourth-order valence-electron chi connectivity index (χ4n) is 8.15. The number of carbonyl (C=O) groups is 1. The third-order valence-electron chi connectivity index (χ3n) is 11.7. The van der Waals surface area contributed by atoms with Crippen LogP contribution in [0, 0.1) is 18.7 Å². The first-order chi connectivity index (χ1) is 25.5. The Labute approximate surface area is 316 Å². The number of halogens is 1. The Bertz CT molecular complexity index is 1810. The smallest absolute Gasteiger partial charge is 0.260 e. The summed E-state index contributed by atoms with van der Waals surface area (Å²) in [7, 11) is 1.70. The van der Waals surface area contributed by atoms with E-state index in [1.54, 1.807) is 24.0 Å². The van der Waals surface area contributed by atoms with Gasteiger partial charge in [0.25, 0.3) is 11.5 Å². The van der Waals surface area contributed by atoms with Crippen LogP contribution in [0.3, 0.4) is 0 Å². The first kappa shape index (κ1) is 40.1. The van der Waals surface area contributed by atoms with Gasteiger partial charge in [0.1, 0.15) is 5.82 Å². The normalized spacial score (nSPS) is 18.7. The number of rotatable bonds is 14. The Kier molecular flexibility index (Phi) is 13.9. The maximum absolute atomic E-state index is 15.9. The van der Waals surface area contributed by atoms with Crippen molar-refractivity contribution in [2.24, 2.45) is 10.9 Å². The highest BCUT2D eigenvalue weighted by molar-refractivity contribution is 5.95. The third kappa shape index (κ3) is 9.36. The second kappa shape index (κ2) is 18.3. The minimum atomic E-state index is -0.320. The standard InChI is InChI=1S/C44H61FN6O2/c1-9-20-50(33(6)10-2)29-35-13-21-49(22-14-35)43(52)37-27-32(5)42(39(45)28-37)36-15-23-48(24-16-36)34(7)30(3)26-31(4)41(12-18-46-8)51-25-17-40-38(44(51)53)11-19-47-40/h12,15,17-18,25-28,33-35,47H,4,9-11,13-14,16,19-24,29H2,1-3,5-8H3/b30-26+,41-12+,46-18?. The molecule has 3 aliphatic heterocycles. The van der Waals surface area contributed by atoms with Crippen molar-refractivity contribution in [3.63, 3.8) is 0 Å². The zero-order chi connectivity index (χ0) is 38.2. The molecule has 286 valence electrons. The molecule has 4 heterocycles. The van der Waals surface area contributed by atoms with Gasteiger partial charge in [-0.2, -0.15) is 0 Å². The number of anilines is 1. The predicted octanol–water partition coefficient (Wildman–Crippen LogP) is 7.85. The van der Waals surface area contributed by atoms with Crippen LogP contribution in [-0.2, 0) is 6.42 Å². The van der Waals surface area contributed by atoms with E-state index in [1.165, 1.54) is 6.07 Å². The summed E-state index contributed by atoms with van der Waals surface area (Å²) in [5.74, 6) is 0.205. The van der Waals surface area contributed by atoms with Crippen LogP contribution >= 0.6 is 0 Å². The van der Waals surface area contributed by atoms with Gasteiger partial charge in [-0.25, -0.2) is 4.39 Å². The molecule has 0 bridgehead atoms. The number of pyridine rings is 1. The Balaban J connectivity index is 1.22. The first-order valence-electron chi connectivity index (χ1n) is 19.7. The third-order valence-corrected chi connectivity index (χ3v) is 11.7. The molecular formula is C44H61FN6O2. The number of fused-ring (bicyclic) bond motifs is 1. The van der Waals surface area contributed by atoms with Gasteiger partial charge >= 0.3 is 0 Å². The zero-order valence-electron chi connectivity index (χ0n) is 33.2. The Morgan fingerprint density at radius 1 is 1.17 bits per heavy atom. The summed E-state index contributed by atoms with van der Waals surface area (Å²) >= 11 is 0. The van der Waals surface area contributed by atoms with Crippen LogP contribution in [0.15, 0.2) is 70.1 Å². The lowest BCUT2D eigenvalue weighted by atomic mass is 9.91. The maximum atomic E-state index is 15.9. The first-order valence-corrected chi connectivity index (χ1v) is 19.7. The number of nitrogens with one attached hydrogen (secondary N) is 1. The molecule has 0 spiro atoms. The van der Waals surface area contributed by atoms with E-state index in [9.17, 15) is 9.59 Å². The molecule has 1 aromatic carbocycles. The van der Waals surface area contributed by atoms with Crippen molar-refractivity contribution in [1.29, 1.82) is 0 Å². The molecule has 5 rings (SSSR count). The number of hydrogen-bond acceptors (Lipinski definition) is 6. The second-order valence-corrected chi connectivity index (χ2v) is 15.2. The number of hydrogen-bond donors (Lipinski definition) is 1. The van der Waals surface area contributed by atoms with Crippen molar-refractivity contribution in [1.82, 2.24) is 19.3 Å². The highest BCUT2D eigenvalue weighted by atomic mass is 19.1. The van der Waals surface area contributed by atoms with Crippen LogP contribution in [0.2, 0.25) is 0 Å². The molecule has 0 aliphatic carbocycles. The van der Waals surface area contributed by atoms with Crippen molar-refractivity contribution in [2.45, 2.75) is 92.2 Å². The van der Waals surface area contributed by atoms with Crippen LogP contribution in [-0.4, -0.2) is 96.3 Å². The van der Waals surface area contributed by atoms with Crippen molar-refractivity contribution < 1.29 is 9.18 Å². The summed E-state index contributed by atoms with van der Waals surface area (Å²) < 4.78 is 17.5. The molecule has 9 heteroatoms. The number of aryl methyl sites for hydroxylation is 1. The summed E-state index contributed by atoms with van der Waals surface area (Å²) in [4.78, 5) is 37.9. The van der Waals surface area contributed by atoms with Gasteiger partial charge in [0.2, 0.25) is 0 Å². The van der Waals surface area contributed by atoms with E-state index in [0.717, 1.165) is 98.5 Å². The highest BCUT2D eigenvalue weighted by Crippen LogP contribution is 2.31. The molecule has 8 nitrogen and oxygen atoms in total. The van der Waals surface area contributed by atoms with Crippen LogP contribution in [0.1, 0.15) is 93.8 Å². The van der Waals surface area contributed by atoms with Crippen molar-refractivity contribution in [2.75, 3.05) is 58.2 Å². The zero-order valence-corrected chi connectivity index (χ0v) is 33.2. The van der Waals surface area contributed by atoms with Crippen LogP contribution in [0.25, 0.3) is 11.3 Å². The number of piperidine rings is 1. The summed E-state index contributed by atoms with van der Waals surface area (Å²) in [6.45, 7) is 23.2. The molecule has 0 radical (unpaired) electrons. The van der Waals surface area contributed by atoms with E-state index < -0.39 is 0 Å². The van der Waals surface area contributed by atoms with Crippen molar-refractivity contribution >= 4 is 29.1 Å². The van der Waals surface area contributed by atoms with E-state index >= 15 is 4.39 Å². The Morgan fingerprint density at radius 2 is 1.92 bits per heavy atom. The van der Waals surface area contributed by atoms with Gasteiger partial charge in [-0.3, -0.25) is 24.0 Å². The molecule has 1 amide bonds. The monoisotopic (exact) mass is 724 g/mol. The van der Waals surface area contributed by atoms with E-state index in [-0.39, 0.29) is 23.3 Å². The molecular weight excluding hydrogens is 664 g/mol. The molecule has 2 unspecified atom stereocenters. The molecule has 3 aliphatic rings. The maximum Gasteiger partial charge on any atom is 0.260 e. The van der Waals surface area contributed by atoms with Gasteiger partial charge in [-0.15, -0.1) is 0 Å². The van der Waals surface area contributed by atoms with Gasteiger partial charge in [-0.1, -0.05) is 38.2 Å². The molecule has 1 N–H and O–H groups in total. The quantitative estimate of drug-likeness (QED) is 0.159. The van der Waals surface area contributed by atoms with E-state index in [4.69, 9.17) is 0 Å². The number of benzene rings is 1. The van der Waals surface area contributed by atoms with E-state index in [2.05, 4.69) is 67.4 Å². The minimum absolute atomic E-state index is 0.0383. The highest BCUT2D eigenvalue weighted by Gasteiger charge is 2.28. The van der Waals surface area contributed by atoms with Crippen LogP contribution < -0.4 is 10.9 Å². The lowest BCUT2D eigenvalue weighted by molar-refractivity contribution is 0.0650. The Morgan fingerprint density at radius 3 is 2.57 bits per heavy atom. The van der Waals surface area contributed by atoms with Crippen LogP contribution in [0.5, 0.6) is 0 Å². The van der Waals surface area contributed by atoms with Crippen LogP contribution in [0.4, 0.5) is 10.1 Å². The summed E-state index contributed by atoms with van der Waals surface area (Å²) in [6.07, 6.45) is 15.2. The van der Waals surface area contributed by atoms with Gasteiger partial charge in [0.15, 0.2) is 0 Å². The summed E-state index contributed by atoms with van der Waals surface area (Å²) in [5, 5.41) is 3.27. The number of nitrogens with zero attached hydrogens (tertiary/aromatic N) is 5. The number of aliphatic imine (C=N–C) groups is 1. The van der Waals surface area contributed by atoms with Gasteiger partial charge in [-0.05, 0) is 120 Å². The largest absolute Gasteiger partial charge is 0.384 e. The topological polar surface area (TPSA) is 73.2 Å². The molecule has 0 saturated carbocycles. The fraction of sp³-hybridized carbons (Fsp3) is 0.523. The number of allylic oxidation sites excluding steroid dienone is 4.